The molecule has 0 radical (unpaired) electrons. The van der Waals surface area contributed by atoms with Crippen LogP contribution in [-0.4, -0.2) is 22.9 Å². The molecule has 0 heterocycles. The summed E-state index contributed by atoms with van der Waals surface area (Å²) in [6.45, 7) is 1.50. The van der Waals surface area contributed by atoms with Crippen molar-refractivity contribution < 1.29 is 19.4 Å². The number of ether oxygens (including phenoxy) is 1. The molecule has 0 atom stereocenters. The van der Waals surface area contributed by atoms with Crippen LogP contribution in [0.4, 0.5) is 17.1 Å². The fraction of sp³-hybridized carbons (Fsp3) is 0.133. The maximum atomic E-state index is 12.2. The van der Waals surface area contributed by atoms with Gasteiger partial charge in [0.05, 0.1) is 23.0 Å². The van der Waals surface area contributed by atoms with Gasteiger partial charge >= 0.3 is 0 Å². The molecule has 0 aliphatic carbocycles. The van der Waals surface area contributed by atoms with Gasteiger partial charge in [0.2, 0.25) is 0 Å². The minimum absolute atomic E-state index is 0.00167. The van der Waals surface area contributed by atoms with Gasteiger partial charge in [-0.15, -0.1) is 0 Å². The van der Waals surface area contributed by atoms with Crippen molar-refractivity contribution in [3.05, 3.63) is 67.8 Å². The molecule has 0 aliphatic rings. The summed E-state index contributed by atoms with van der Waals surface area (Å²) in [4.78, 5) is 32.9. The monoisotopic (exact) mass is 331 g/mol. The van der Waals surface area contributed by atoms with E-state index in [1.165, 1.54) is 50.4 Å². The van der Waals surface area contributed by atoms with E-state index in [0.29, 0.717) is 5.56 Å². The van der Waals surface area contributed by atoms with Gasteiger partial charge in [-0.3, -0.25) is 25.0 Å². The second-order valence-electron chi connectivity index (χ2n) is 4.85. The summed E-state index contributed by atoms with van der Waals surface area (Å²) in [6.07, 6.45) is 0. The maximum absolute atomic E-state index is 12.2. The van der Waals surface area contributed by atoms with E-state index in [4.69, 9.17) is 4.74 Å². The Bertz CT molecular complexity index is 834. The topological polar surface area (TPSA) is 125 Å². The number of hydrogen-bond acceptors (Lipinski definition) is 6. The number of anilines is 1. The van der Waals surface area contributed by atoms with Gasteiger partial charge in [-0.1, -0.05) is 0 Å². The lowest BCUT2D eigenvalue weighted by molar-refractivity contribution is -0.385. The van der Waals surface area contributed by atoms with E-state index in [1.807, 2.05) is 0 Å². The van der Waals surface area contributed by atoms with Gasteiger partial charge in [-0.25, -0.2) is 0 Å². The zero-order chi connectivity index (χ0) is 17.9. The number of methoxy groups -OCH3 is 1. The Hall–Kier alpha value is -3.49. The third kappa shape index (κ3) is 3.46. The van der Waals surface area contributed by atoms with Crippen molar-refractivity contribution in [1.29, 1.82) is 0 Å². The van der Waals surface area contributed by atoms with Crippen LogP contribution in [0.1, 0.15) is 15.9 Å². The molecule has 0 aromatic heterocycles. The Morgan fingerprint density at radius 2 is 1.71 bits per heavy atom. The number of amides is 1. The first-order valence-electron chi connectivity index (χ1n) is 6.72. The average Bonchev–Trinajstić information content (AvgIpc) is 2.54. The van der Waals surface area contributed by atoms with Crippen LogP contribution >= 0.6 is 0 Å². The minimum Gasteiger partial charge on any atom is -0.496 e. The molecule has 2 aromatic carbocycles. The summed E-state index contributed by atoms with van der Waals surface area (Å²) in [7, 11) is 1.37. The lowest BCUT2D eigenvalue weighted by Crippen LogP contribution is -2.13. The molecule has 0 spiro atoms. The molecule has 24 heavy (non-hydrogen) atoms. The van der Waals surface area contributed by atoms with Crippen molar-refractivity contribution in [3.63, 3.8) is 0 Å². The van der Waals surface area contributed by atoms with Gasteiger partial charge in [0.1, 0.15) is 11.4 Å². The molecule has 0 fully saturated rings. The van der Waals surface area contributed by atoms with Crippen LogP contribution < -0.4 is 10.1 Å². The van der Waals surface area contributed by atoms with E-state index in [0.717, 1.165) is 0 Å². The van der Waals surface area contributed by atoms with E-state index in [2.05, 4.69) is 5.32 Å². The van der Waals surface area contributed by atoms with E-state index < -0.39 is 15.8 Å². The van der Waals surface area contributed by atoms with Crippen LogP contribution in [-0.2, 0) is 0 Å². The van der Waals surface area contributed by atoms with E-state index >= 15 is 0 Å². The largest absolute Gasteiger partial charge is 0.496 e. The molecule has 2 rings (SSSR count). The fourth-order valence-corrected chi connectivity index (χ4v) is 2.09. The van der Waals surface area contributed by atoms with Crippen molar-refractivity contribution in [1.82, 2.24) is 0 Å². The number of benzene rings is 2. The van der Waals surface area contributed by atoms with Gasteiger partial charge < -0.3 is 10.1 Å². The van der Waals surface area contributed by atoms with Crippen LogP contribution in [0.25, 0.3) is 0 Å². The van der Waals surface area contributed by atoms with Gasteiger partial charge in [0.15, 0.2) is 0 Å². The summed E-state index contributed by atoms with van der Waals surface area (Å²) in [5.41, 5.74) is 0.0465. The van der Waals surface area contributed by atoms with Crippen molar-refractivity contribution >= 4 is 23.0 Å². The Morgan fingerprint density at radius 1 is 1.04 bits per heavy atom. The van der Waals surface area contributed by atoms with E-state index in [1.54, 1.807) is 0 Å². The Morgan fingerprint density at radius 3 is 2.25 bits per heavy atom. The Labute approximate surface area is 136 Å². The zero-order valence-electron chi connectivity index (χ0n) is 12.8. The van der Waals surface area contributed by atoms with E-state index in [-0.39, 0.29) is 28.4 Å². The molecule has 0 bridgehead atoms. The number of carbonyl (C=O) groups excluding carboxylic acids is 1. The second kappa shape index (κ2) is 6.73. The summed E-state index contributed by atoms with van der Waals surface area (Å²) in [6, 6.07) is 7.87. The molecular weight excluding hydrogens is 318 g/mol. The fourth-order valence-electron chi connectivity index (χ4n) is 2.09. The Kier molecular flexibility index (Phi) is 4.73. The predicted molar refractivity (Wildman–Crippen MR) is 85.4 cm³/mol. The lowest BCUT2D eigenvalue weighted by Gasteiger charge is -2.08. The van der Waals surface area contributed by atoms with E-state index in [9.17, 15) is 25.0 Å². The molecule has 9 nitrogen and oxygen atoms in total. The molecule has 0 saturated heterocycles. The predicted octanol–water partition coefficient (Wildman–Crippen LogP) is 3.07. The van der Waals surface area contributed by atoms with Gasteiger partial charge in [-0.2, -0.15) is 0 Å². The molecule has 0 unspecified atom stereocenters. The standard InChI is InChI=1S/C15H13N3O6/c1-9-7-10(3-6-13(9)17(20)21)15(19)16-12-5-4-11(24-2)8-14(12)18(22)23/h3-8H,1-2H3,(H,16,19). The molecule has 2 aromatic rings. The third-order valence-electron chi connectivity index (χ3n) is 3.31. The maximum Gasteiger partial charge on any atom is 0.296 e. The lowest BCUT2D eigenvalue weighted by atomic mass is 10.1. The zero-order valence-corrected chi connectivity index (χ0v) is 12.8. The molecule has 124 valence electrons. The Balaban J connectivity index is 2.31. The van der Waals surface area contributed by atoms with Crippen LogP contribution in [0.2, 0.25) is 0 Å². The van der Waals surface area contributed by atoms with Crippen LogP contribution in [0, 0.1) is 27.2 Å². The first-order valence-corrected chi connectivity index (χ1v) is 6.72. The van der Waals surface area contributed by atoms with Gasteiger partial charge in [0, 0.05) is 17.2 Å². The average molecular weight is 331 g/mol. The molecule has 1 N–H and O–H groups in total. The van der Waals surface area contributed by atoms with Crippen LogP contribution in [0.15, 0.2) is 36.4 Å². The number of aryl methyl sites for hydroxylation is 1. The van der Waals surface area contributed by atoms with Crippen LogP contribution in [0.5, 0.6) is 5.75 Å². The summed E-state index contributed by atoms with van der Waals surface area (Å²) >= 11 is 0. The number of nitro benzene ring substituents is 2. The minimum atomic E-state index is -0.640. The summed E-state index contributed by atoms with van der Waals surface area (Å²) in [5.74, 6) is -0.327. The number of hydrogen-bond donors (Lipinski definition) is 1. The highest BCUT2D eigenvalue weighted by Gasteiger charge is 2.19. The van der Waals surface area contributed by atoms with Crippen molar-refractivity contribution in [2.24, 2.45) is 0 Å². The van der Waals surface area contributed by atoms with Crippen molar-refractivity contribution in [3.8, 4) is 5.75 Å². The summed E-state index contributed by atoms with van der Waals surface area (Å²) < 4.78 is 4.92. The highest BCUT2D eigenvalue weighted by molar-refractivity contribution is 6.05. The van der Waals surface area contributed by atoms with Crippen LogP contribution in [0.3, 0.4) is 0 Å². The molecule has 0 saturated carbocycles. The highest BCUT2D eigenvalue weighted by atomic mass is 16.6. The normalized spacial score (nSPS) is 10.1. The molecule has 9 heteroatoms. The number of carbonyl (C=O) groups is 1. The highest BCUT2D eigenvalue weighted by Crippen LogP contribution is 2.29. The third-order valence-corrected chi connectivity index (χ3v) is 3.31. The molecule has 0 aliphatic heterocycles. The molecular formula is C15H13N3O6. The number of nitrogens with zero attached hydrogens (tertiary/aromatic N) is 2. The first kappa shape index (κ1) is 16.9. The number of rotatable bonds is 5. The first-order chi connectivity index (χ1) is 11.3. The quantitative estimate of drug-likeness (QED) is 0.663. The van der Waals surface area contributed by atoms with Gasteiger partial charge in [-0.05, 0) is 31.2 Å². The molecule has 1 amide bonds. The smallest absolute Gasteiger partial charge is 0.296 e. The second-order valence-corrected chi connectivity index (χ2v) is 4.85. The number of nitrogens with one attached hydrogen (secondary N) is 1. The van der Waals surface area contributed by atoms with Crippen molar-refractivity contribution in [2.45, 2.75) is 6.92 Å². The summed E-state index contributed by atoms with van der Waals surface area (Å²) in [5, 5.41) is 24.3. The number of nitro groups is 2. The SMILES string of the molecule is COc1ccc(NC(=O)c2ccc([N+](=O)[O-])c(C)c2)c([N+](=O)[O-])c1. The van der Waals surface area contributed by atoms with Gasteiger partial charge in [0.25, 0.3) is 17.3 Å². The van der Waals surface area contributed by atoms with Crippen molar-refractivity contribution in [2.75, 3.05) is 12.4 Å².